The molecule has 0 unspecified atom stereocenters. The van der Waals surface area contributed by atoms with Gasteiger partial charge < -0.3 is 10.1 Å². The molecule has 0 aliphatic heterocycles. The molecule has 0 saturated heterocycles. The lowest BCUT2D eigenvalue weighted by molar-refractivity contribution is 0.0507. The van der Waals surface area contributed by atoms with E-state index >= 15 is 0 Å². The minimum atomic E-state index is -0.997. The molecular formula is C20H35NO2SSi. The van der Waals surface area contributed by atoms with Gasteiger partial charge in [0.25, 0.3) is 0 Å². The lowest BCUT2D eigenvalue weighted by Gasteiger charge is -2.24. The van der Waals surface area contributed by atoms with E-state index in [4.69, 9.17) is 4.74 Å². The lowest BCUT2D eigenvalue weighted by Crippen LogP contribution is -2.40. The van der Waals surface area contributed by atoms with Crippen molar-refractivity contribution in [3.8, 4) is 0 Å². The Morgan fingerprint density at radius 2 is 1.84 bits per heavy atom. The van der Waals surface area contributed by atoms with Crippen LogP contribution in [0.3, 0.4) is 0 Å². The van der Waals surface area contributed by atoms with Crippen LogP contribution in [0.1, 0.15) is 32.8 Å². The van der Waals surface area contributed by atoms with Crippen molar-refractivity contribution in [3.63, 3.8) is 0 Å². The summed E-state index contributed by atoms with van der Waals surface area (Å²) in [6.45, 7) is 12.9. The smallest absolute Gasteiger partial charge is 0.407 e. The average Bonchev–Trinajstić information content (AvgIpc) is 2.47. The Hall–Kier alpha value is -0.943. The molecule has 0 radical (unpaired) electrons. The van der Waals surface area contributed by atoms with Crippen molar-refractivity contribution in [2.75, 3.05) is 11.5 Å². The molecule has 1 aromatic carbocycles. The van der Waals surface area contributed by atoms with Crippen molar-refractivity contribution in [3.05, 3.63) is 35.9 Å². The molecule has 25 heavy (non-hydrogen) atoms. The van der Waals surface area contributed by atoms with Gasteiger partial charge in [0, 0.05) is 19.9 Å². The molecule has 0 aliphatic rings. The van der Waals surface area contributed by atoms with Gasteiger partial charge in [0.15, 0.2) is 0 Å². The molecule has 0 heterocycles. The fraction of sp³-hybridized carbons (Fsp3) is 0.650. The standard InChI is InChI=1S/C20H35NO2SSi/c1-20(2,3)23-19(22)21-18(16-24-14-15-25(4,5)6)13-12-17-10-8-7-9-11-17/h7-11,18H,12-16H2,1-6H3,(H,21,22)/t18-/m1/s1. The summed E-state index contributed by atoms with van der Waals surface area (Å²) in [5, 5.41) is 3.07. The first-order valence-corrected chi connectivity index (χ1v) is 14.0. The molecule has 0 bridgehead atoms. The predicted octanol–water partition coefficient (Wildman–Crippen LogP) is 5.58. The van der Waals surface area contributed by atoms with Crippen LogP contribution in [0.2, 0.25) is 25.7 Å². The maximum absolute atomic E-state index is 12.1. The molecule has 1 rings (SSSR count). The Labute approximate surface area is 159 Å². The highest BCUT2D eigenvalue weighted by atomic mass is 32.2. The zero-order valence-electron chi connectivity index (χ0n) is 16.7. The Morgan fingerprint density at radius 3 is 2.40 bits per heavy atom. The summed E-state index contributed by atoms with van der Waals surface area (Å²) >= 11 is 1.95. The minimum absolute atomic E-state index is 0.140. The number of aryl methyl sites for hydroxylation is 1. The summed E-state index contributed by atoms with van der Waals surface area (Å²) in [6.07, 6.45) is 1.59. The van der Waals surface area contributed by atoms with Crippen molar-refractivity contribution in [2.24, 2.45) is 0 Å². The maximum atomic E-state index is 12.1. The van der Waals surface area contributed by atoms with Crippen molar-refractivity contribution < 1.29 is 9.53 Å². The zero-order chi connectivity index (χ0) is 18.9. The first-order chi connectivity index (χ1) is 11.6. The summed E-state index contributed by atoms with van der Waals surface area (Å²) in [7, 11) is -0.997. The maximum Gasteiger partial charge on any atom is 0.407 e. The number of carbonyl (C=O) groups is 1. The fourth-order valence-corrected chi connectivity index (χ4v) is 5.99. The van der Waals surface area contributed by atoms with Gasteiger partial charge in [-0.15, -0.1) is 0 Å². The number of amides is 1. The van der Waals surface area contributed by atoms with E-state index in [0.717, 1.165) is 18.6 Å². The predicted molar refractivity (Wildman–Crippen MR) is 113 cm³/mol. The number of benzene rings is 1. The van der Waals surface area contributed by atoms with Gasteiger partial charge in [-0.1, -0.05) is 50.0 Å². The zero-order valence-corrected chi connectivity index (χ0v) is 18.5. The number of carbonyl (C=O) groups excluding carboxylic acids is 1. The monoisotopic (exact) mass is 381 g/mol. The van der Waals surface area contributed by atoms with Gasteiger partial charge in [-0.25, -0.2) is 4.79 Å². The number of alkyl carbamates (subject to hydrolysis) is 1. The first kappa shape index (κ1) is 22.1. The highest BCUT2D eigenvalue weighted by Gasteiger charge is 2.20. The summed E-state index contributed by atoms with van der Waals surface area (Å²) < 4.78 is 5.43. The Bertz CT molecular complexity index is 509. The third-order valence-electron chi connectivity index (χ3n) is 3.66. The molecule has 3 nitrogen and oxygen atoms in total. The van der Waals surface area contributed by atoms with E-state index in [1.54, 1.807) is 0 Å². The molecule has 0 spiro atoms. The van der Waals surface area contributed by atoms with Crippen molar-refractivity contribution in [2.45, 2.75) is 70.9 Å². The van der Waals surface area contributed by atoms with Crippen LogP contribution in [0, 0.1) is 0 Å². The van der Waals surface area contributed by atoms with Crippen LogP contribution in [-0.2, 0) is 11.2 Å². The topological polar surface area (TPSA) is 38.3 Å². The summed E-state index contributed by atoms with van der Waals surface area (Å²) in [5.74, 6) is 2.12. The molecule has 0 aromatic heterocycles. The van der Waals surface area contributed by atoms with Crippen LogP contribution in [0.25, 0.3) is 0 Å². The average molecular weight is 382 g/mol. The van der Waals surface area contributed by atoms with E-state index < -0.39 is 13.7 Å². The van der Waals surface area contributed by atoms with E-state index in [1.807, 2.05) is 38.6 Å². The van der Waals surface area contributed by atoms with Crippen LogP contribution >= 0.6 is 11.8 Å². The SMILES string of the molecule is CC(C)(C)OC(=O)N[C@H](CCc1ccccc1)CSCC[Si](C)(C)C. The highest BCUT2D eigenvalue weighted by Crippen LogP contribution is 2.17. The Morgan fingerprint density at radius 1 is 1.20 bits per heavy atom. The van der Waals surface area contributed by atoms with Crippen molar-refractivity contribution >= 4 is 25.9 Å². The molecule has 1 aromatic rings. The molecule has 5 heteroatoms. The Balaban J connectivity index is 2.52. The number of nitrogens with one attached hydrogen (secondary N) is 1. The van der Waals surface area contributed by atoms with Crippen LogP contribution < -0.4 is 5.32 Å². The molecule has 0 fully saturated rings. The second-order valence-corrected chi connectivity index (χ2v) is 15.5. The van der Waals surface area contributed by atoms with Gasteiger partial charge in [-0.3, -0.25) is 0 Å². The van der Waals surface area contributed by atoms with Gasteiger partial charge in [-0.05, 0) is 51.0 Å². The molecular weight excluding hydrogens is 346 g/mol. The normalized spacial score (nSPS) is 13.4. The van der Waals surface area contributed by atoms with Gasteiger partial charge in [0.05, 0.1) is 0 Å². The second-order valence-electron chi connectivity index (χ2n) is 8.75. The number of hydrogen-bond acceptors (Lipinski definition) is 3. The molecule has 1 atom stereocenters. The largest absolute Gasteiger partial charge is 0.444 e. The third kappa shape index (κ3) is 12.1. The van der Waals surface area contributed by atoms with Gasteiger partial charge in [0.1, 0.15) is 5.60 Å². The van der Waals surface area contributed by atoms with Crippen molar-refractivity contribution in [1.82, 2.24) is 5.32 Å². The van der Waals surface area contributed by atoms with Crippen LogP contribution in [0.15, 0.2) is 30.3 Å². The van der Waals surface area contributed by atoms with Crippen LogP contribution in [0.4, 0.5) is 4.79 Å². The Kier molecular flexibility index (Phi) is 9.07. The van der Waals surface area contributed by atoms with Gasteiger partial charge in [0.2, 0.25) is 0 Å². The van der Waals surface area contributed by atoms with Gasteiger partial charge >= 0.3 is 6.09 Å². The van der Waals surface area contributed by atoms with Crippen molar-refractivity contribution in [1.29, 1.82) is 0 Å². The lowest BCUT2D eigenvalue weighted by atomic mass is 10.1. The van der Waals surface area contributed by atoms with E-state index in [1.165, 1.54) is 17.4 Å². The number of ether oxygens (including phenoxy) is 1. The fourth-order valence-electron chi connectivity index (χ4n) is 2.26. The van der Waals surface area contributed by atoms with E-state index in [9.17, 15) is 4.79 Å². The highest BCUT2D eigenvalue weighted by molar-refractivity contribution is 7.99. The molecule has 1 N–H and O–H groups in total. The molecule has 1 amide bonds. The summed E-state index contributed by atoms with van der Waals surface area (Å²) in [5.41, 5.74) is 0.851. The number of hydrogen-bond donors (Lipinski definition) is 1. The number of thioether (sulfide) groups is 1. The molecule has 142 valence electrons. The third-order valence-corrected chi connectivity index (χ3v) is 6.90. The first-order valence-electron chi connectivity index (χ1n) is 9.16. The number of rotatable bonds is 9. The van der Waals surface area contributed by atoms with E-state index in [0.29, 0.717) is 0 Å². The van der Waals surface area contributed by atoms with E-state index in [-0.39, 0.29) is 12.1 Å². The quantitative estimate of drug-likeness (QED) is 0.448. The van der Waals surface area contributed by atoms with Gasteiger partial charge in [-0.2, -0.15) is 11.8 Å². The summed E-state index contributed by atoms with van der Waals surface area (Å²) in [4.78, 5) is 12.1. The molecule has 0 saturated carbocycles. The minimum Gasteiger partial charge on any atom is -0.444 e. The second kappa shape index (κ2) is 10.3. The van der Waals surface area contributed by atoms with E-state index in [2.05, 4.69) is 49.2 Å². The van der Waals surface area contributed by atoms with Crippen LogP contribution in [-0.4, -0.2) is 37.3 Å². The summed E-state index contributed by atoms with van der Waals surface area (Å²) in [6, 6.07) is 11.9. The molecule has 0 aliphatic carbocycles. The van der Waals surface area contributed by atoms with Crippen LogP contribution in [0.5, 0.6) is 0 Å².